The van der Waals surface area contributed by atoms with E-state index in [4.69, 9.17) is 9.15 Å². The summed E-state index contributed by atoms with van der Waals surface area (Å²) in [5, 5.41) is 3.43. The summed E-state index contributed by atoms with van der Waals surface area (Å²) in [6.07, 6.45) is 0. The Hall–Kier alpha value is -0.450. The van der Waals surface area contributed by atoms with E-state index in [2.05, 4.69) is 19.2 Å². The van der Waals surface area contributed by atoms with E-state index in [1.165, 1.54) is 5.75 Å². The lowest BCUT2D eigenvalue weighted by Gasteiger charge is -2.11. The van der Waals surface area contributed by atoms with Gasteiger partial charge >= 0.3 is 0 Å². The van der Waals surface area contributed by atoms with Gasteiger partial charge in [0.2, 0.25) is 0 Å². The summed E-state index contributed by atoms with van der Waals surface area (Å²) in [5.74, 6) is 4.17. The molecule has 0 aromatic carbocycles. The molecule has 1 aromatic heterocycles. The van der Waals surface area contributed by atoms with E-state index in [9.17, 15) is 0 Å². The summed E-state index contributed by atoms with van der Waals surface area (Å²) in [7, 11) is 1.67. The van der Waals surface area contributed by atoms with Crippen molar-refractivity contribution in [2.45, 2.75) is 33.0 Å². The summed E-state index contributed by atoms with van der Waals surface area (Å²) in [4.78, 5) is 0. The Kier molecular flexibility index (Phi) is 6.61. The Bertz CT molecular complexity index is 288. The number of ether oxygens (including phenoxy) is 1. The van der Waals surface area contributed by atoms with E-state index in [1.807, 2.05) is 23.9 Å². The van der Waals surface area contributed by atoms with Crippen molar-refractivity contribution < 1.29 is 9.15 Å². The highest BCUT2D eigenvalue weighted by Crippen LogP contribution is 2.09. The van der Waals surface area contributed by atoms with E-state index in [0.29, 0.717) is 12.6 Å². The molecule has 1 rings (SSSR count). The molecule has 0 radical (unpaired) electrons. The van der Waals surface area contributed by atoms with Gasteiger partial charge in [0.15, 0.2) is 0 Å². The zero-order chi connectivity index (χ0) is 11.8. The molecule has 92 valence electrons. The highest BCUT2D eigenvalue weighted by molar-refractivity contribution is 7.99. The largest absolute Gasteiger partial charge is 0.462 e. The second-order valence-electron chi connectivity index (χ2n) is 3.74. The maximum absolute atomic E-state index is 5.58. The van der Waals surface area contributed by atoms with Crippen LogP contribution in [-0.2, 0) is 17.9 Å². The number of methoxy groups -OCH3 is 1. The number of furan rings is 1. The molecule has 0 saturated carbocycles. The molecule has 16 heavy (non-hydrogen) atoms. The fourth-order valence-electron chi connectivity index (χ4n) is 1.37. The molecule has 4 heteroatoms. The van der Waals surface area contributed by atoms with E-state index in [1.54, 1.807) is 7.11 Å². The average molecular weight is 243 g/mol. The van der Waals surface area contributed by atoms with Gasteiger partial charge in [0.1, 0.15) is 18.1 Å². The van der Waals surface area contributed by atoms with Crippen LogP contribution in [0.25, 0.3) is 0 Å². The third-order valence-electron chi connectivity index (χ3n) is 2.20. The third kappa shape index (κ3) is 5.05. The summed E-state index contributed by atoms with van der Waals surface area (Å²) in [6.45, 7) is 5.71. The van der Waals surface area contributed by atoms with Crippen LogP contribution in [0.1, 0.15) is 25.4 Å². The third-order valence-corrected chi connectivity index (χ3v) is 3.34. The van der Waals surface area contributed by atoms with Crippen LogP contribution in [0.3, 0.4) is 0 Å². The van der Waals surface area contributed by atoms with Gasteiger partial charge in [-0.1, -0.05) is 6.92 Å². The van der Waals surface area contributed by atoms with Gasteiger partial charge in [-0.15, -0.1) is 0 Å². The highest BCUT2D eigenvalue weighted by atomic mass is 32.2. The number of hydrogen-bond donors (Lipinski definition) is 1. The van der Waals surface area contributed by atoms with E-state index in [0.717, 1.165) is 23.8 Å². The molecule has 0 amide bonds. The summed E-state index contributed by atoms with van der Waals surface area (Å²) in [6, 6.07) is 4.48. The van der Waals surface area contributed by atoms with E-state index < -0.39 is 0 Å². The number of nitrogens with one attached hydrogen (secondary N) is 1. The SMILES string of the molecule is CCSCC(C)NCc1ccc(COC)o1. The summed E-state index contributed by atoms with van der Waals surface area (Å²) >= 11 is 1.95. The van der Waals surface area contributed by atoms with Crippen LogP contribution >= 0.6 is 11.8 Å². The smallest absolute Gasteiger partial charge is 0.129 e. The van der Waals surface area contributed by atoms with E-state index in [-0.39, 0.29) is 0 Å². The van der Waals surface area contributed by atoms with Crippen LogP contribution < -0.4 is 5.32 Å². The number of rotatable bonds is 8. The molecule has 0 aliphatic carbocycles. The van der Waals surface area contributed by atoms with Crippen molar-refractivity contribution in [2.75, 3.05) is 18.6 Å². The lowest BCUT2D eigenvalue weighted by molar-refractivity contribution is 0.162. The zero-order valence-electron chi connectivity index (χ0n) is 10.3. The van der Waals surface area contributed by atoms with Crippen LogP contribution in [0.15, 0.2) is 16.5 Å². The monoisotopic (exact) mass is 243 g/mol. The van der Waals surface area contributed by atoms with Gasteiger partial charge in [-0.2, -0.15) is 11.8 Å². The number of hydrogen-bond acceptors (Lipinski definition) is 4. The molecule has 0 bridgehead atoms. The first-order valence-corrected chi connectivity index (χ1v) is 6.79. The standard InChI is InChI=1S/C12H21NO2S/c1-4-16-9-10(2)13-7-11-5-6-12(15-11)8-14-3/h5-6,10,13H,4,7-9H2,1-3H3. The minimum absolute atomic E-state index is 0.515. The quantitative estimate of drug-likeness (QED) is 0.761. The van der Waals surface area contributed by atoms with Crippen LogP contribution in [0, 0.1) is 0 Å². The van der Waals surface area contributed by atoms with Crippen molar-refractivity contribution >= 4 is 11.8 Å². The van der Waals surface area contributed by atoms with Gasteiger partial charge in [0.25, 0.3) is 0 Å². The Morgan fingerprint density at radius 1 is 1.44 bits per heavy atom. The second-order valence-corrected chi connectivity index (χ2v) is 5.06. The molecule has 1 heterocycles. The fraction of sp³-hybridized carbons (Fsp3) is 0.667. The van der Waals surface area contributed by atoms with Crippen molar-refractivity contribution in [1.82, 2.24) is 5.32 Å². The highest BCUT2D eigenvalue weighted by Gasteiger charge is 2.04. The summed E-state index contributed by atoms with van der Waals surface area (Å²) < 4.78 is 10.6. The van der Waals surface area contributed by atoms with Crippen LogP contribution in [-0.4, -0.2) is 24.7 Å². The lowest BCUT2D eigenvalue weighted by Crippen LogP contribution is -2.27. The minimum Gasteiger partial charge on any atom is -0.462 e. The molecule has 1 atom stereocenters. The number of thioether (sulfide) groups is 1. The molecule has 1 unspecified atom stereocenters. The Labute approximate surface area is 102 Å². The Morgan fingerprint density at radius 3 is 2.88 bits per heavy atom. The molecule has 3 nitrogen and oxygen atoms in total. The van der Waals surface area contributed by atoms with Gasteiger partial charge < -0.3 is 14.5 Å². The van der Waals surface area contributed by atoms with Gasteiger partial charge in [-0.05, 0) is 24.8 Å². The zero-order valence-corrected chi connectivity index (χ0v) is 11.1. The Morgan fingerprint density at radius 2 is 2.19 bits per heavy atom. The van der Waals surface area contributed by atoms with Gasteiger partial charge in [-0.3, -0.25) is 0 Å². The molecule has 1 N–H and O–H groups in total. The molecule has 0 fully saturated rings. The van der Waals surface area contributed by atoms with Crippen molar-refractivity contribution in [3.63, 3.8) is 0 Å². The average Bonchev–Trinajstić information content (AvgIpc) is 2.72. The van der Waals surface area contributed by atoms with Crippen LogP contribution in [0.4, 0.5) is 0 Å². The maximum atomic E-state index is 5.58. The minimum atomic E-state index is 0.515. The molecule has 0 aliphatic heterocycles. The molecule has 0 spiro atoms. The van der Waals surface area contributed by atoms with Gasteiger partial charge in [0.05, 0.1) is 6.54 Å². The fourth-order valence-corrected chi connectivity index (χ4v) is 2.07. The van der Waals surface area contributed by atoms with Crippen molar-refractivity contribution in [1.29, 1.82) is 0 Å². The van der Waals surface area contributed by atoms with Crippen molar-refractivity contribution in [3.8, 4) is 0 Å². The molecule has 0 aliphatic rings. The van der Waals surface area contributed by atoms with Crippen molar-refractivity contribution in [3.05, 3.63) is 23.7 Å². The molecular weight excluding hydrogens is 222 g/mol. The molecule has 0 saturated heterocycles. The molecule has 1 aromatic rings. The normalized spacial score (nSPS) is 12.9. The predicted molar refractivity (Wildman–Crippen MR) is 68.7 cm³/mol. The predicted octanol–water partition coefficient (Wildman–Crippen LogP) is 2.66. The summed E-state index contributed by atoms with van der Waals surface area (Å²) in [5.41, 5.74) is 0. The Balaban J connectivity index is 2.25. The first-order valence-electron chi connectivity index (χ1n) is 5.64. The maximum Gasteiger partial charge on any atom is 0.129 e. The van der Waals surface area contributed by atoms with Gasteiger partial charge in [-0.25, -0.2) is 0 Å². The van der Waals surface area contributed by atoms with Gasteiger partial charge in [0, 0.05) is 18.9 Å². The second kappa shape index (κ2) is 7.76. The van der Waals surface area contributed by atoms with Crippen LogP contribution in [0.5, 0.6) is 0 Å². The first-order chi connectivity index (χ1) is 7.76. The molecular formula is C12H21NO2S. The lowest BCUT2D eigenvalue weighted by atomic mass is 10.3. The first kappa shape index (κ1) is 13.6. The van der Waals surface area contributed by atoms with Crippen LogP contribution in [0.2, 0.25) is 0 Å². The van der Waals surface area contributed by atoms with Crippen molar-refractivity contribution in [2.24, 2.45) is 0 Å². The van der Waals surface area contributed by atoms with E-state index >= 15 is 0 Å². The topological polar surface area (TPSA) is 34.4 Å².